The molecule has 6 heteroatoms. The van der Waals surface area contributed by atoms with Crippen LogP contribution in [0.15, 0.2) is 53.1 Å². The molecule has 28 heavy (non-hydrogen) atoms. The van der Waals surface area contributed by atoms with E-state index in [9.17, 15) is 4.79 Å². The van der Waals surface area contributed by atoms with Crippen molar-refractivity contribution in [2.24, 2.45) is 0 Å². The lowest BCUT2D eigenvalue weighted by atomic mass is 10.2. The van der Waals surface area contributed by atoms with Crippen LogP contribution in [0.25, 0.3) is 11.5 Å². The van der Waals surface area contributed by atoms with Crippen LogP contribution >= 0.6 is 11.3 Å². The number of rotatable bonds is 7. The molecular formula is C22H25N3O2S. The van der Waals surface area contributed by atoms with Crippen molar-refractivity contribution in [1.82, 2.24) is 15.2 Å². The zero-order valence-corrected chi connectivity index (χ0v) is 16.9. The average molecular weight is 396 g/mol. The number of nitrogens with one attached hydrogen (secondary N) is 1. The molecule has 2 aromatic heterocycles. The zero-order chi connectivity index (χ0) is 19.3. The molecule has 0 aliphatic carbocycles. The number of hydrogen-bond acceptors (Lipinski definition) is 5. The van der Waals surface area contributed by atoms with Crippen molar-refractivity contribution in [2.45, 2.75) is 38.8 Å². The van der Waals surface area contributed by atoms with E-state index >= 15 is 0 Å². The van der Waals surface area contributed by atoms with Gasteiger partial charge in [-0.25, -0.2) is 4.98 Å². The molecule has 1 amide bonds. The molecule has 1 aliphatic heterocycles. The number of benzene rings is 1. The summed E-state index contributed by atoms with van der Waals surface area (Å²) < 4.78 is 5.69. The topological polar surface area (TPSA) is 58.4 Å². The summed E-state index contributed by atoms with van der Waals surface area (Å²) in [5.74, 6) is 0.698. The molecule has 4 rings (SSSR count). The Morgan fingerprint density at radius 2 is 2.14 bits per heavy atom. The Bertz CT molecular complexity index is 919. The third-order valence-corrected chi connectivity index (χ3v) is 6.20. The lowest BCUT2D eigenvalue weighted by molar-refractivity contribution is 0.0957. The Labute approximate surface area is 169 Å². The second kappa shape index (κ2) is 8.71. The summed E-state index contributed by atoms with van der Waals surface area (Å²) >= 11 is 1.61. The largest absolute Gasteiger partial charge is 0.444 e. The fraction of sp³-hybridized carbons (Fsp3) is 0.364. The maximum atomic E-state index is 12.2. The predicted octanol–water partition coefficient (Wildman–Crippen LogP) is 4.88. The van der Waals surface area contributed by atoms with Gasteiger partial charge < -0.3 is 9.73 Å². The Morgan fingerprint density at radius 1 is 1.29 bits per heavy atom. The monoisotopic (exact) mass is 395 g/mol. The first-order valence-electron chi connectivity index (χ1n) is 9.86. The van der Waals surface area contributed by atoms with Crippen molar-refractivity contribution < 1.29 is 9.21 Å². The Morgan fingerprint density at radius 3 is 2.96 bits per heavy atom. The minimum absolute atomic E-state index is 0.0339. The molecule has 1 aliphatic rings. The van der Waals surface area contributed by atoms with Crippen molar-refractivity contribution in [3.05, 3.63) is 64.2 Å². The number of nitrogens with zero attached hydrogens (tertiary/aromatic N) is 2. The summed E-state index contributed by atoms with van der Waals surface area (Å²) in [6.45, 7) is 4.57. The first kappa shape index (κ1) is 18.9. The molecule has 3 heterocycles. The van der Waals surface area contributed by atoms with Crippen LogP contribution in [0.2, 0.25) is 0 Å². The van der Waals surface area contributed by atoms with E-state index in [-0.39, 0.29) is 5.91 Å². The van der Waals surface area contributed by atoms with Gasteiger partial charge in [0.25, 0.3) is 5.91 Å². The van der Waals surface area contributed by atoms with Gasteiger partial charge in [-0.3, -0.25) is 9.69 Å². The summed E-state index contributed by atoms with van der Waals surface area (Å²) in [5.41, 5.74) is 1.94. The van der Waals surface area contributed by atoms with Gasteiger partial charge in [0, 0.05) is 29.6 Å². The predicted molar refractivity (Wildman–Crippen MR) is 111 cm³/mol. The number of oxazole rings is 1. The van der Waals surface area contributed by atoms with E-state index in [1.54, 1.807) is 17.6 Å². The highest BCUT2D eigenvalue weighted by molar-refractivity contribution is 7.14. The molecule has 0 bridgehead atoms. The molecule has 1 N–H and O–H groups in total. The van der Waals surface area contributed by atoms with Crippen LogP contribution < -0.4 is 5.32 Å². The van der Waals surface area contributed by atoms with Gasteiger partial charge in [0.05, 0.1) is 10.6 Å². The smallest absolute Gasteiger partial charge is 0.261 e. The molecule has 3 aromatic rings. The standard InChI is InChI=1S/C22H25N3O2S/c1-2-12-23-21(26)20-11-10-19(28-20)18-9-6-13-25(18)14-17-15-27-22(24-17)16-7-4-3-5-8-16/h3-5,7-8,10-11,15,18H,2,6,9,12-14H2,1H3,(H,23,26)/t18-/m0/s1. The Kier molecular flexibility index (Phi) is 5.88. The van der Waals surface area contributed by atoms with Crippen LogP contribution in [0, 0.1) is 0 Å². The fourth-order valence-corrected chi connectivity index (χ4v) is 4.71. The molecule has 0 unspecified atom stereocenters. The Balaban J connectivity index is 1.44. The molecule has 0 radical (unpaired) electrons. The van der Waals surface area contributed by atoms with Crippen molar-refractivity contribution in [3.8, 4) is 11.5 Å². The zero-order valence-electron chi connectivity index (χ0n) is 16.1. The van der Waals surface area contributed by atoms with Gasteiger partial charge in [-0.2, -0.15) is 0 Å². The summed E-state index contributed by atoms with van der Waals surface area (Å²) in [5, 5.41) is 2.96. The maximum Gasteiger partial charge on any atom is 0.261 e. The quantitative estimate of drug-likeness (QED) is 0.619. The van der Waals surface area contributed by atoms with Gasteiger partial charge in [-0.15, -0.1) is 11.3 Å². The summed E-state index contributed by atoms with van der Waals surface area (Å²) in [6, 6.07) is 14.4. The van der Waals surface area contributed by atoms with Crippen molar-refractivity contribution in [1.29, 1.82) is 0 Å². The summed E-state index contributed by atoms with van der Waals surface area (Å²) in [7, 11) is 0. The van der Waals surface area contributed by atoms with Crippen molar-refractivity contribution in [2.75, 3.05) is 13.1 Å². The number of hydrogen-bond donors (Lipinski definition) is 1. The first-order valence-corrected chi connectivity index (χ1v) is 10.7. The second-order valence-electron chi connectivity index (χ2n) is 7.10. The van der Waals surface area contributed by atoms with Crippen LogP contribution in [0.5, 0.6) is 0 Å². The van der Waals surface area contributed by atoms with Gasteiger partial charge in [0.2, 0.25) is 5.89 Å². The van der Waals surface area contributed by atoms with E-state index in [2.05, 4.69) is 28.2 Å². The molecule has 1 saturated heterocycles. The number of aromatic nitrogens is 1. The molecule has 1 fully saturated rings. The highest BCUT2D eigenvalue weighted by atomic mass is 32.1. The average Bonchev–Trinajstić information content (AvgIpc) is 3.47. The third-order valence-electron chi connectivity index (χ3n) is 5.02. The SMILES string of the molecule is CCCNC(=O)c1ccc([C@@H]2CCCN2Cc2coc(-c3ccccc3)n2)s1. The molecular weight excluding hydrogens is 370 g/mol. The maximum absolute atomic E-state index is 12.2. The van der Waals surface area contributed by atoms with Crippen molar-refractivity contribution in [3.63, 3.8) is 0 Å². The van der Waals surface area contributed by atoms with Gasteiger partial charge in [0.1, 0.15) is 6.26 Å². The van der Waals surface area contributed by atoms with E-state index in [1.807, 2.05) is 36.4 Å². The highest BCUT2D eigenvalue weighted by Crippen LogP contribution is 2.37. The van der Waals surface area contributed by atoms with E-state index in [1.165, 1.54) is 4.88 Å². The van der Waals surface area contributed by atoms with E-state index in [0.717, 1.165) is 55.0 Å². The fourth-order valence-electron chi connectivity index (χ4n) is 3.62. The summed E-state index contributed by atoms with van der Waals surface area (Å²) in [4.78, 5) is 21.4. The van der Waals surface area contributed by atoms with Crippen molar-refractivity contribution >= 4 is 17.2 Å². The Hall–Kier alpha value is -2.44. The van der Waals surface area contributed by atoms with Crippen LogP contribution in [-0.2, 0) is 6.54 Å². The number of carbonyl (C=O) groups excluding carboxylic acids is 1. The minimum atomic E-state index is 0.0339. The van der Waals surface area contributed by atoms with Gasteiger partial charge in [-0.05, 0) is 50.1 Å². The second-order valence-corrected chi connectivity index (χ2v) is 8.21. The molecule has 1 aromatic carbocycles. The van der Waals surface area contributed by atoms with Gasteiger partial charge in [0.15, 0.2) is 0 Å². The number of carbonyl (C=O) groups is 1. The summed E-state index contributed by atoms with van der Waals surface area (Å²) in [6.07, 6.45) is 4.97. The third kappa shape index (κ3) is 4.18. The normalized spacial score (nSPS) is 17.1. The van der Waals surface area contributed by atoms with Crippen LogP contribution in [0.3, 0.4) is 0 Å². The molecule has 1 atom stereocenters. The van der Waals surface area contributed by atoms with Crippen LogP contribution in [0.4, 0.5) is 0 Å². The number of amides is 1. The number of likely N-dealkylation sites (tertiary alicyclic amines) is 1. The van der Waals surface area contributed by atoms with Crippen LogP contribution in [-0.4, -0.2) is 28.9 Å². The van der Waals surface area contributed by atoms with E-state index in [0.29, 0.717) is 11.9 Å². The number of thiophene rings is 1. The minimum Gasteiger partial charge on any atom is -0.444 e. The van der Waals surface area contributed by atoms with Crippen LogP contribution in [0.1, 0.15) is 52.5 Å². The molecule has 0 spiro atoms. The lowest BCUT2D eigenvalue weighted by Gasteiger charge is -2.22. The van der Waals surface area contributed by atoms with Gasteiger partial charge >= 0.3 is 0 Å². The highest BCUT2D eigenvalue weighted by Gasteiger charge is 2.28. The first-order chi connectivity index (χ1) is 13.7. The molecule has 5 nitrogen and oxygen atoms in total. The lowest BCUT2D eigenvalue weighted by Crippen LogP contribution is -2.23. The van der Waals surface area contributed by atoms with E-state index in [4.69, 9.17) is 4.42 Å². The molecule has 0 saturated carbocycles. The van der Waals surface area contributed by atoms with E-state index < -0.39 is 0 Å². The van der Waals surface area contributed by atoms with Gasteiger partial charge in [-0.1, -0.05) is 25.1 Å². The molecule has 146 valence electrons.